The Kier molecular flexibility index (Phi) is 4.95. The molecule has 0 aliphatic heterocycles. The van der Waals surface area contributed by atoms with Gasteiger partial charge in [0.1, 0.15) is 16.0 Å². The van der Waals surface area contributed by atoms with Crippen LogP contribution in [0.1, 0.15) is 26.0 Å². The largest absolute Gasteiger partial charge is 0.494 e. The molecule has 0 radical (unpaired) electrons. The normalized spacial score (nSPS) is 10.6. The van der Waals surface area contributed by atoms with E-state index in [1.807, 2.05) is 31.2 Å². The molecule has 0 saturated carbocycles. The minimum Gasteiger partial charge on any atom is -0.494 e. The van der Waals surface area contributed by atoms with Crippen LogP contribution in [0.4, 0.5) is 0 Å². The summed E-state index contributed by atoms with van der Waals surface area (Å²) in [6.07, 6.45) is 1.70. The van der Waals surface area contributed by atoms with Gasteiger partial charge in [-0.15, -0.1) is 0 Å². The molecule has 0 atom stereocenters. The van der Waals surface area contributed by atoms with Crippen molar-refractivity contribution in [2.75, 3.05) is 6.61 Å². The minimum atomic E-state index is -0.153. The SMILES string of the molecule is CCCc1nc(-c2cccc(OCC)c2)[nH]c(=O)c1Br. The van der Waals surface area contributed by atoms with E-state index in [0.717, 1.165) is 29.8 Å². The smallest absolute Gasteiger partial charge is 0.265 e. The van der Waals surface area contributed by atoms with Crippen molar-refractivity contribution in [1.82, 2.24) is 9.97 Å². The van der Waals surface area contributed by atoms with Gasteiger partial charge in [0.25, 0.3) is 5.56 Å². The first-order valence-electron chi connectivity index (χ1n) is 6.67. The summed E-state index contributed by atoms with van der Waals surface area (Å²) in [5, 5.41) is 0. The van der Waals surface area contributed by atoms with Crippen LogP contribution in [0.2, 0.25) is 0 Å². The molecule has 5 heteroatoms. The molecule has 1 heterocycles. The van der Waals surface area contributed by atoms with E-state index in [-0.39, 0.29) is 5.56 Å². The lowest BCUT2D eigenvalue weighted by molar-refractivity contribution is 0.340. The van der Waals surface area contributed by atoms with Crippen molar-refractivity contribution in [2.24, 2.45) is 0 Å². The molecule has 106 valence electrons. The van der Waals surface area contributed by atoms with Crippen LogP contribution in [0.5, 0.6) is 5.75 Å². The third kappa shape index (κ3) is 3.28. The summed E-state index contributed by atoms with van der Waals surface area (Å²) in [7, 11) is 0. The van der Waals surface area contributed by atoms with Crippen LogP contribution in [-0.4, -0.2) is 16.6 Å². The molecule has 0 aliphatic carbocycles. The molecule has 0 bridgehead atoms. The van der Waals surface area contributed by atoms with Gasteiger partial charge in [-0.05, 0) is 41.4 Å². The van der Waals surface area contributed by atoms with Crippen molar-refractivity contribution in [3.8, 4) is 17.1 Å². The number of halogens is 1. The number of hydrogen-bond acceptors (Lipinski definition) is 3. The maximum Gasteiger partial charge on any atom is 0.265 e. The van der Waals surface area contributed by atoms with E-state index < -0.39 is 0 Å². The highest BCUT2D eigenvalue weighted by Gasteiger charge is 2.10. The number of aromatic nitrogens is 2. The highest BCUT2D eigenvalue weighted by atomic mass is 79.9. The van der Waals surface area contributed by atoms with E-state index in [0.29, 0.717) is 16.9 Å². The Morgan fingerprint density at radius 1 is 1.35 bits per heavy atom. The minimum absolute atomic E-state index is 0.153. The third-order valence-electron chi connectivity index (χ3n) is 2.84. The molecular weight excluding hydrogens is 320 g/mol. The topological polar surface area (TPSA) is 55.0 Å². The summed E-state index contributed by atoms with van der Waals surface area (Å²) in [4.78, 5) is 19.3. The third-order valence-corrected chi connectivity index (χ3v) is 3.65. The lowest BCUT2D eigenvalue weighted by atomic mass is 10.2. The second kappa shape index (κ2) is 6.70. The first-order chi connectivity index (χ1) is 9.65. The van der Waals surface area contributed by atoms with Crippen LogP contribution < -0.4 is 10.3 Å². The Morgan fingerprint density at radius 2 is 2.15 bits per heavy atom. The Bertz CT molecular complexity index is 653. The van der Waals surface area contributed by atoms with E-state index in [1.165, 1.54) is 0 Å². The summed E-state index contributed by atoms with van der Waals surface area (Å²) < 4.78 is 5.99. The molecule has 0 saturated heterocycles. The standard InChI is InChI=1S/C15H17BrN2O2/c1-3-6-12-13(16)15(19)18-14(17-12)10-7-5-8-11(9-10)20-4-2/h5,7-9H,3-4,6H2,1-2H3,(H,17,18,19). The van der Waals surface area contributed by atoms with Gasteiger partial charge in [0.2, 0.25) is 0 Å². The zero-order valence-corrected chi connectivity index (χ0v) is 13.2. The predicted molar refractivity (Wildman–Crippen MR) is 83.2 cm³/mol. The quantitative estimate of drug-likeness (QED) is 0.908. The number of aromatic amines is 1. The van der Waals surface area contributed by atoms with E-state index in [1.54, 1.807) is 0 Å². The number of rotatable bonds is 5. The molecule has 1 aromatic carbocycles. The molecule has 1 aromatic heterocycles. The lowest BCUT2D eigenvalue weighted by Gasteiger charge is -2.08. The van der Waals surface area contributed by atoms with Crippen molar-refractivity contribution >= 4 is 15.9 Å². The lowest BCUT2D eigenvalue weighted by Crippen LogP contribution is -2.13. The number of aryl methyl sites for hydroxylation is 1. The number of benzene rings is 1. The number of hydrogen-bond donors (Lipinski definition) is 1. The molecule has 4 nitrogen and oxygen atoms in total. The summed E-state index contributed by atoms with van der Waals surface area (Å²) in [5.74, 6) is 1.34. The van der Waals surface area contributed by atoms with Gasteiger partial charge in [-0.3, -0.25) is 4.79 Å². The summed E-state index contributed by atoms with van der Waals surface area (Å²) >= 11 is 3.30. The highest BCUT2D eigenvalue weighted by Crippen LogP contribution is 2.22. The van der Waals surface area contributed by atoms with Crippen molar-refractivity contribution in [2.45, 2.75) is 26.7 Å². The molecule has 1 N–H and O–H groups in total. The second-order valence-electron chi connectivity index (χ2n) is 4.39. The number of nitrogens with zero attached hydrogens (tertiary/aromatic N) is 1. The Hall–Kier alpha value is -1.62. The van der Waals surface area contributed by atoms with Gasteiger partial charge in [-0.2, -0.15) is 0 Å². The van der Waals surface area contributed by atoms with E-state index in [9.17, 15) is 4.79 Å². The highest BCUT2D eigenvalue weighted by molar-refractivity contribution is 9.10. The zero-order chi connectivity index (χ0) is 14.5. The van der Waals surface area contributed by atoms with E-state index >= 15 is 0 Å². The number of H-pyrrole nitrogens is 1. The fraction of sp³-hybridized carbons (Fsp3) is 0.333. The van der Waals surface area contributed by atoms with Crippen LogP contribution in [0, 0.1) is 0 Å². The van der Waals surface area contributed by atoms with Gasteiger partial charge in [-0.1, -0.05) is 25.5 Å². The van der Waals surface area contributed by atoms with Crippen LogP contribution in [-0.2, 0) is 6.42 Å². The predicted octanol–water partition coefficient (Wildman–Crippen LogP) is 3.55. The Morgan fingerprint density at radius 3 is 2.85 bits per heavy atom. The van der Waals surface area contributed by atoms with Crippen LogP contribution in [0.3, 0.4) is 0 Å². The van der Waals surface area contributed by atoms with Gasteiger partial charge in [-0.25, -0.2) is 4.98 Å². The molecule has 20 heavy (non-hydrogen) atoms. The second-order valence-corrected chi connectivity index (χ2v) is 5.18. The summed E-state index contributed by atoms with van der Waals surface area (Å²) in [5.41, 5.74) is 1.48. The Balaban J connectivity index is 2.47. The van der Waals surface area contributed by atoms with Gasteiger partial charge in [0.05, 0.1) is 12.3 Å². The molecule has 0 spiro atoms. The molecule has 0 amide bonds. The van der Waals surface area contributed by atoms with Crippen molar-refractivity contribution in [3.63, 3.8) is 0 Å². The molecule has 0 unspecified atom stereocenters. The van der Waals surface area contributed by atoms with Crippen LogP contribution >= 0.6 is 15.9 Å². The van der Waals surface area contributed by atoms with Crippen molar-refractivity contribution < 1.29 is 4.74 Å². The molecule has 2 aromatic rings. The van der Waals surface area contributed by atoms with Gasteiger partial charge in [0, 0.05) is 5.56 Å². The summed E-state index contributed by atoms with van der Waals surface area (Å²) in [6.45, 7) is 4.60. The van der Waals surface area contributed by atoms with Crippen LogP contribution in [0.25, 0.3) is 11.4 Å². The maximum absolute atomic E-state index is 11.9. The molecule has 0 fully saturated rings. The van der Waals surface area contributed by atoms with Gasteiger partial charge in [0.15, 0.2) is 0 Å². The average Bonchev–Trinajstić information content (AvgIpc) is 2.44. The fourth-order valence-corrected chi connectivity index (χ4v) is 2.33. The first-order valence-corrected chi connectivity index (χ1v) is 7.47. The molecular formula is C15H17BrN2O2. The fourth-order valence-electron chi connectivity index (χ4n) is 1.94. The zero-order valence-electron chi connectivity index (χ0n) is 11.6. The van der Waals surface area contributed by atoms with Gasteiger partial charge >= 0.3 is 0 Å². The molecule has 2 rings (SSSR count). The van der Waals surface area contributed by atoms with Crippen LogP contribution in [0.15, 0.2) is 33.5 Å². The first kappa shape index (κ1) is 14.8. The van der Waals surface area contributed by atoms with E-state index in [4.69, 9.17) is 4.74 Å². The van der Waals surface area contributed by atoms with Crippen molar-refractivity contribution in [3.05, 3.63) is 44.8 Å². The van der Waals surface area contributed by atoms with E-state index in [2.05, 4.69) is 32.8 Å². The molecule has 0 aliphatic rings. The summed E-state index contributed by atoms with van der Waals surface area (Å²) in [6, 6.07) is 7.56. The average molecular weight is 337 g/mol. The number of ether oxygens (including phenoxy) is 1. The maximum atomic E-state index is 11.9. The number of nitrogens with one attached hydrogen (secondary N) is 1. The Labute approximate surface area is 126 Å². The van der Waals surface area contributed by atoms with Gasteiger partial charge < -0.3 is 9.72 Å². The monoisotopic (exact) mass is 336 g/mol. The van der Waals surface area contributed by atoms with Crippen molar-refractivity contribution in [1.29, 1.82) is 0 Å².